The number of alkyl halides is 2. The molecule has 2 atom stereocenters. The Bertz CT molecular complexity index is 1280. The van der Waals surface area contributed by atoms with Crippen LogP contribution < -0.4 is 10.1 Å². The van der Waals surface area contributed by atoms with Crippen molar-refractivity contribution in [3.05, 3.63) is 72.5 Å². The zero-order valence-corrected chi connectivity index (χ0v) is 20.9. The molecule has 36 heavy (non-hydrogen) atoms. The van der Waals surface area contributed by atoms with E-state index < -0.39 is 6.61 Å². The molecule has 5 nitrogen and oxygen atoms in total. The summed E-state index contributed by atoms with van der Waals surface area (Å²) in [5, 5.41) is 4.07. The predicted octanol–water partition coefficient (Wildman–Crippen LogP) is 6.57. The lowest BCUT2D eigenvalue weighted by Gasteiger charge is -2.20. The highest BCUT2D eigenvalue weighted by Gasteiger charge is 2.26. The van der Waals surface area contributed by atoms with Crippen molar-refractivity contribution in [2.24, 2.45) is 0 Å². The first-order valence-electron chi connectivity index (χ1n) is 11.6. The Labute approximate surface area is 212 Å². The number of aromatic nitrogens is 2. The minimum Gasteiger partial charge on any atom is -0.435 e. The Morgan fingerprint density at radius 2 is 2.17 bits per heavy atom. The third kappa shape index (κ3) is 6.02. The zero-order chi connectivity index (χ0) is 25.7. The maximum absolute atomic E-state index is 13.4. The maximum atomic E-state index is 13.4. The lowest BCUT2D eigenvalue weighted by Crippen LogP contribution is -2.39. The van der Waals surface area contributed by atoms with Crippen LogP contribution in [-0.4, -0.2) is 46.5 Å². The van der Waals surface area contributed by atoms with E-state index in [4.69, 9.17) is 0 Å². The molecule has 1 fully saturated rings. The highest BCUT2D eigenvalue weighted by molar-refractivity contribution is 7.99. The molecule has 0 saturated carbocycles. The van der Waals surface area contributed by atoms with Crippen LogP contribution in [0, 0.1) is 0 Å². The summed E-state index contributed by atoms with van der Waals surface area (Å²) in [6, 6.07) is 7.90. The Morgan fingerprint density at radius 1 is 1.33 bits per heavy atom. The average molecular weight is 516 g/mol. The fraction of sp³-hybridized carbons (Fsp3) is 0.333. The zero-order valence-electron chi connectivity index (χ0n) is 20.1. The highest BCUT2D eigenvalue weighted by atomic mass is 32.2. The first-order chi connectivity index (χ1) is 17.3. The summed E-state index contributed by atoms with van der Waals surface area (Å²) in [5.41, 5.74) is 2.89. The molecule has 1 aliphatic carbocycles. The van der Waals surface area contributed by atoms with Crippen LogP contribution in [0.3, 0.4) is 0 Å². The standard InChI is InChI=1S/C21H15F3N2O2.C6H13NS/c22-14-4-6-16(7-5-14)26-11-19(18-10-25-15(12-27)9-20(18)26)13-2-1-3-17(8-13)28-21(23)24;1-6(7-2)3-4-8-5-6/h1-6,8-12,16,21H,7H2;7H,3-5H2,1-2H3. The molecule has 9 heteroatoms. The van der Waals surface area contributed by atoms with Crippen molar-refractivity contribution in [3.63, 3.8) is 0 Å². The van der Waals surface area contributed by atoms with Crippen LogP contribution in [-0.2, 0) is 0 Å². The van der Waals surface area contributed by atoms with Gasteiger partial charge >= 0.3 is 6.61 Å². The van der Waals surface area contributed by atoms with Crippen molar-refractivity contribution in [3.8, 4) is 16.9 Å². The molecular formula is C27H28F3N3O2S. The molecule has 5 rings (SSSR count). The number of allylic oxidation sites excluding steroid dienone is 4. The molecule has 0 bridgehead atoms. The van der Waals surface area contributed by atoms with E-state index >= 15 is 0 Å². The normalized spacial score (nSPS) is 21.3. The number of hydrogen-bond donors (Lipinski definition) is 1. The number of ether oxygens (including phenoxy) is 1. The topological polar surface area (TPSA) is 56.1 Å². The van der Waals surface area contributed by atoms with Gasteiger partial charge in [-0.3, -0.25) is 9.78 Å². The van der Waals surface area contributed by atoms with E-state index in [1.807, 2.05) is 29.6 Å². The quantitative estimate of drug-likeness (QED) is 0.376. The van der Waals surface area contributed by atoms with Crippen LogP contribution in [0.25, 0.3) is 22.0 Å². The SMILES string of the molecule is CNC1(C)CCSC1.O=Cc1cc2c(cn1)c(-c1cccc(OC(F)F)c1)cn2C1C=CC(F)=CC1. The number of nitrogens with one attached hydrogen (secondary N) is 1. The third-order valence-corrected chi connectivity index (χ3v) is 7.78. The summed E-state index contributed by atoms with van der Waals surface area (Å²) in [7, 11) is 2.05. The molecule has 0 amide bonds. The molecule has 1 aliphatic heterocycles. The van der Waals surface area contributed by atoms with Crippen LogP contribution in [0.2, 0.25) is 0 Å². The van der Waals surface area contributed by atoms with Crippen molar-refractivity contribution in [2.45, 2.75) is 38.0 Å². The molecule has 3 aromatic rings. The number of halogens is 3. The van der Waals surface area contributed by atoms with Gasteiger partial charge in [-0.15, -0.1) is 0 Å². The van der Waals surface area contributed by atoms with Crippen LogP contribution in [0.1, 0.15) is 36.3 Å². The van der Waals surface area contributed by atoms with Gasteiger partial charge in [0.1, 0.15) is 17.3 Å². The van der Waals surface area contributed by atoms with Gasteiger partial charge in [-0.2, -0.15) is 20.5 Å². The molecular weight excluding hydrogens is 487 g/mol. The van der Waals surface area contributed by atoms with Gasteiger partial charge in [-0.05, 0) is 68.5 Å². The van der Waals surface area contributed by atoms with E-state index in [9.17, 15) is 18.0 Å². The Hall–Kier alpha value is -3.04. The molecule has 2 aromatic heterocycles. The molecule has 1 N–H and O–H groups in total. The summed E-state index contributed by atoms with van der Waals surface area (Å²) in [5.74, 6) is 2.37. The second-order valence-electron chi connectivity index (χ2n) is 8.96. The van der Waals surface area contributed by atoms with Crippen LogP contribution in [0.15, 0.2) is 66.8 Å². The van der Waals surface area contributed by atoms with Gasteiger partial charge in [0.25, 0.3) is 0 Å². The molecule has 2 aliphatic rings. The monoisotopic (exact) mass is 515 g/mol. The number of hydrogen-bond acceptors (Lipinski definition) is 5. The number of benzene rings is 1. The minimum absolute atomic E-state index is 0.0495. The summed E-state index contributed by atoms with van der Waals surface area (Å²) in [6.45, 7) is -0.630. The smallest absolute Gasteiger partial charge is 0.387 e. The number of carbonyl (C=O) groups excluding carboxylic acids is 1. The van der Waals surface area contributed by atoms with Gasteiger partial charge in [-0.1, -0.05) is 18.2 Å². The van der Waals surface area contributed by atoms with Crippen LogP contribution >= 0.6 is 11.8 Å². The molecule has 1 saturated heterocycles. The number of carbonyl (C=O) groups is 1. The first kappa shape index (κ1) is 26.0. The summed E-state index contributed by atoms with van der Waals surface area (Å²) < 4.78 is 44.9. The number of rotatable bonds is 6. The van der Waals surface area contributed by atoms with Gasteiger partial charge in [0, 0.05) is 34.6 Å². The molecule has 1 aromatic carbocycles. The fourth-order valence-corrected chi connectivity index (χ4v) is 5.70. The van der Waals surface area contributed by atoms with E-state index in [1.165, 1.54) is 42.2 Å². The number of aldehydes is 1. The van der Waals surface area contributed by atoms with Gasteiger partial charge < -0.3 is 14.6 Å². The van der Waals surface area contributed by atoms with Crippen LogP contribution in [0.5, 0.6) is 5.75 Å². The summed E-state index contributed by atoms with van der Waals surface area (Å²) in [6.07, 6.45) is 10.5. The number of nitrogens with zero attached hydrogens (tertiary/aromatic N) is 2. The number of fused-ring (bicyclic) bond motifs is 1. The maximum Gasteiger partial charge on any atom is 0.387 e. The summed E-state index contributed by atoms with van der Waals surface area (Å²) >= 11 is 2.04. The lowest BCUT2D eigenvalue weighted by molar-refractivity contribution is -0.0498. The van der Waals surface area contributed by atoms with Crippen LogP contribution in [0.4, 0.5) is 13.2 Å². The number of pyridine rings is 1. The van der Waals surface area contributed by atoms with Gasteiger partial charge in [0.15, 0.2) is 6.29 Å². The Morgan fingerprint density at radius 3 is 2.78 bits per heavy atom. The van der Waals surface area contributed by atoms with E-state index in [0.29, 0.717) is 23.8 Å². The molecule has 190 valence electrons. The fourth-order valence-electron chi connectivity index (χ4n) is 4.22. The Kier molecular flexibility index (Phi) is 8.21. The van der Waals surface area contributed by atoms with Crippen molar-refractivity contribution < 1.29 is 22.7 Å². The van der Waals surface area contributed by atoms with Gasteiger partial charge in [0.05, 0.1) is 11.6 Å². The minimum atomic E-state index is -2.91. The van der Waals surface area contributed by atoms with E-state index in [-0.39, 0.29) is 23.3 Å². The van der Waals surface area contributed by atoms with E-state index in [0.717, 1.165) is 16.5 Å². The largest absolute Gasteiger partial charge is 0.435 e. The van der Waals surface area contributed by atoms with Crippen molar-refractivity contribution in [1.82, 2.24) is 14.9 Å². The second-order valence-corrected chi connectivity index (χ2v) is 10.1. The lowest BCUT2D eigenvalue weighted by atomic mass is 10.0. The molecule has 0 spiro atoms. The van der Waals surface area contributed by atoms with Crippen molar-refractivity contribution in [1.29, 1.82) is 0 Å². The third-order valence-electron chi connectivity index (χ3n) is 6.44. The summed E-state index contributed by atoms with van der Waals surface area (Å²) in [4.78, 5) is 15.3. The second kappa shape index (κ2) is 11.3. The van der Waals surface area contributed by atoms with Crippen molar-refractivity contribution in [2.75, 3.05) is 18.6 Å². The predicted molar refractivity (Wildman–Crippen MR) is 139 cm³/mol. The highest BCUT2D eigenvalue weighted by Crippen LogP contribution is 2.36. The molecule has 0 radical (unpaired) electrons. The molecule has 2 unspecified atom stereocenters. The first-order valence-corrected chi connectivity index (χ1v) is 12.8. The average Bonchev–Trinajstić information content (AvgIpc) is 3.49. The Balaban J connectivity index is 0.000000325. The van der Waals surface area contributed by atoms with E-state index in [2.05, 4.69) is 22.0 Å². The number of thioether (sulfide) groups is 1. The molecule has 3 heterocycles. The van der Waals surface area contributed by atoms with Gasteiger partial charge in [-0.25, -0.2) is 4.39 Å². The van der Waals surface area contributed by atoms with Gasteiger partial charge in [0.2, 0.25) is 0 Å². The van der Waals surface area contributed by atoms with E-state index in [1.54, 1.807) is 30.5 Å². The van der Waals surface area contributed by atoms with Crippen molar-refractivity contribution >= 4 is 29.0 Å².